The molecular weight excluding hydrogens is 244 g/mol. The van der Waals surface area contributed by atoms with Gasteiger partial charge >= 0.3 is 5.97 Å². The van der Waals surface area contributed by atoms with Crippen LogP contribution in [0.25, 0.3) is 0 Å². The summed E-state index contributed by atoms with van der Waals surface area (Å²) >= 11 is 0. The Morgan fingerprint density at radius 1 is 1.42 bits per heavy atom. The van der Waals surface area contributed by atoms with Crippen molar-refractivity contribution >= 4 is 23.2 Å². The molecule has 0 unspecified atom stereocenters. The fourth-order valence-corrected chi connectivity index (χ4v) is 1.55. The molecule has 6 heteroatoms. The number of aromatic carboxylic acids is 1. The number of pyridine rings is 1. The SMILES string of the molecule is N#Cc1ccccc1Nc1cc(C(=O)O)c(N)cn1. The molecule has 4 N–H and O–H groups in total. The molecule has 94 valence electrons. The number of hydrogen-bond acceptors (Lipinski definition) is 5. The Kier molecular flexibility index (Phi) is 3.30. The molecule has 0 fully saturated rings. The summed E-state index contributed by atoms with van der Waals surface area (Å²) in [6.07, 6.45) is 1.26. The Morgan fingerprint density at radius 2 is 2.16 bits per heavy atom. The van der Waals surface area contributed by atoms with Crippen LogP contribution in [0.3, 0.4) is 0 Å². The van der Waals surface area contributed by atoms with Crippen molar-refractivity contribution in [2.24, 2.45) is 0 Å². The van der Waals surface area contributed by atoms with E-state index in [1.165, 1.54) is 12.3 Å². The van der Waals surface area contributed by atoms with Gasteiger partial charge in [0.1, 0.15) is 11.9 Å². The smallest absolute Gasteiger partial charge is 0.337 e. The van der Waals surface area contributed by atoms with Gasteiger partial charge in [0.25, 0.3) is 0 Å². The van der Waals surface area contributed by atoms with Gasteiger partial charge in [0, 0.05) is 0 Å². The first-order valence-electron chi connectivity index (χ1n) is 5.37. The standard InChI is InChI=1S/C13H10N4O2/c14-6-8-3-1-2-4-11(8)17-12-5-9(13(18)19)10(15)7-16-12/h1-5,7H,15H2,(H,16,17)(H,18,19). The lowest BCUT2D eigenvalue weighted by molar-refractivity contribution is 0.0698. The van der Waals surface area contributed by atoms with Crippen LogP contribution in [-0.4, -0.2) is 16.1 Å². The average molecular weight is 254 g/mol. The molecule has 1 heterocycles. The first kappa shape index (κ1) is 12.4. The fourth-order valence-electron chi connectivity index (χ4n) is 1.55. The van der Waals surface area contributed by atoms with Crippen molar-refractivity contribution in [3.05, 3.63) is 47.7 Å². The zero-order valence-corrected chi connectivity index (χ0v) is 9.79. The van der Waals surface area contributed by atoms with Gasteiger partial charge in [-0.15, -0.1) is 0 Å². The largest absolute Gasteiger partial charge is 0.478 e. The molecule has 19 heavy (non-hydrogen) atoms. The zero-order chi connectivity index (χ0) is 13.8. The molecule has 0 aliphatic heterocycles. The number of anilines is 3. The van der Waals surface area contributed by atoms with Gasteiger partial charge in [-0.05, 0) is 18.2 Å². The van der Waals surface area contributed by atoms with Crippen molar-refractivity contribution in [2.45, 2.75) is 0 Å². The van der Waals surface area contributed by atoms with Crippen molar-refractivity contribution in [1.29, 1.82) is 5.26 Å². The van der Waals surface area contributed by atoms with E-state index < -0.39 is 5.97 Å². The molecule has 0 spiro atoms. The number of para-hydroxylation sites is 1. The van der Waals surface area contributed by atoms with E-state index in [1.54, 1.807) is 24.3 Å². The molecule has 0 radical (unpaired) electrons. The Hall–Kier alpha value is -3.07. The maximum absolute atomic E-state index is 11.0. The number of carbonyl (C=O) groups is 1. The highest BCUT2D eigenvalue weighted by molar-refractivity contribution is 5.94. The van der Waals surface area contributed by atoms with Gasteiger partial charge in [-0.25, -0.2) is 9.78 Å². The minimum Gasteiger partial charge on any atom is -0.478 e. The first-order chi connectivity index (χ1) is 9.11. The summed E-state index contributed by atoms with van der Waals surface area (Å²) in [5.41, 5.74) is 6.57. The number of nitrogens with one attached hydrogen (secondary N) is 1. The third-order valence-corrected chi connectivity index (χ3v) is 2.48. The molecule has 0 atom stereocenters. The number of carboxylic acid groups (broad SMARTS) is 1. The molecule has 0 bridgehead atoms. The van der Waals surface area contributed by atoms with Crippen LogP contribution >= 0.6 is 0 Å². The van der Waals surface area contributed by atoms with Crippen LogP contribution in [0.4, 0.5) is 17.2 Å². The quantitative estimate of drug-likeness (QED) is 0.772. The summed E-state index contributed by atoms with van der Waals surface area (Å²) in [6, 6.07) is 10.2. The second-order valence-electron chi connectivity index (χ2n) is 3.74. The van der Waals surface area contributed by atoms with Crippen molar-refractivity contribution < 1.29 is 9.90 Å². The third kappa shape index (κ3) is 2.61. The predicted molar refractivity (Wildman–Crippen MR) is 70.0 cm³/mol. The minimum atomic E-state index is -1.13. The Morgan fingerprint density at radius 3 is 2.84 bits per heavy atom. The van der Waals surface area contributed by atoms with Gasteiger partial charge in [-0.1, -0.05) is 12.1 Å². The lowest BCUT2D eigenvalue weighted by Crippen LogP contribution is -2.05. The monoisotopic (exact) mass is 254 g/mol. The third-order valence-electron chi connectivity index (χ3n) is 2.48. The number of rotatable bonds is 3. The highest BCUT2D eigenvalue weighted by Crippen LogP contribution is 2.21. The fraction of sp³-hybridized carbons (Fsp3) is 0. The van der Waals surface area contributed by atoms with Crippen LogP contribution in [0, 0.1) is 11.3 Å². The average Bonchev–Trinajstić information content (AvgIpc) is 2.41. The van der Waals surface area contributed by atoms with E-state index in [1.807, 2.05) is 6.07 Å². The number of benzene rings is 1. The maximum Gasteiger partial charge on any atom is 0.337 e. The molecule has 0 aliphatic rings. The molecule has 2 rings (SSSR count). The molecule has 6 nitrogen and oxygen atoms in total. The number of nitrogens with zero attached hydrogens (tertiary/aromatic N) is 2. The molecular formula is C13H10N4O2. The van der Waals surface area contributed by atoms with E-state index in [-0.39, 0.29) is 11.3 Å². The molecule has 0 aliphatic carbocycles. The summed E-state index contributed by atoms with van der Waals surface area (Å²) in [5.74, 6) is -0.814. The lowest BCUT2D eigenvalue weighted by atomic mass is 10.2. The molecule has 0 saturated carbocycles. The number of carboxylic acids is 1. The van der Waals surface area contributed by atoms with Crippen molar-refractivity contribution in [3.63, 3.8) is 0 Å². The van der Waals surface area contributed by atoms with Gasteiger partial charge < -0.3 is 16.2 Å². The molecule has 1 aromatic heterocycles. The molecule has 1 aromatic carbocycles. The van der Waals surface area contributed by atoms with Gasteiger partial charge in [0.15, 0.2) is 0 Å². The summed E-state index contributed by atoms with van der Waals surface area (Å²) in [5, 5.41) is 20.8. The topological polar surface area (TPSA) is 112 Å². The highest BCUT2D eigenvalue weighted by Gasteiger charge is 2.10. The number of aromatic nitrogens is 1. The summed E-state index contributed by atoms with van der Waals surface area (Å²) in [7, 11) is 0. The van der Waals surface area contributed by atoms with E-state index in [4.69, 9.17) is 16.1 Å². The lowest BCUT2D eigenvalue weighted by Gasteiger charge is -2.08. The maximum atomic E-state index is 11.0. The molecule has 0 amide bonds. The predicted octanol–water partition coefficient (Wildman–Crippen LogP) is 1.98. The van der Waals surface area contributed by atoms with Crippen LogP contribution in [0.15, 0.2) is 36.5 Å². The van der Waals surface area contributed by atoms with Crippen LogP contribution in [-0.2, 0) is 0 Å². The van der Waals surface area contributed by atoms with E-state index in [0.717, 1.165) is 0 Å². The normalized spacial score (nSPS) is 9.63. The summed E-state index contributed by atoms with van der Waals surface area (Å²) < 4.78 is 0. The van der Waals surface area contributed by atoms with Gasteiger partial charge in [0.05, 0.1) is 28.7 Å². The second-order valence-corrected chi connectivity index (χ2v) is 3.74. The minimum absolute atomic E-state index is 0.0352. The van der Waals surface area contributed by atoms with E-state index in [2.05, 4.69) is 10.3 Å². The van der Waals surface area contributed by atoms with Gasteiger partial charge in [0.2, 0.25) is 0 Å². The van der Waals surface area contributed by atoms with Crippen molar-refractivity contribution in [1.82, 2.24) is 4.98 Å². The van der Waals surface area contributed by atoms with Gasteiger partial charge in [-0.3, -0.25) is 0 Å². The zero-order valence-electron chi connectivity index (χ0n) is 9.79. The van der Waals surface area contributed by atoms with Crippen LogP contribution in [0.2, 0.25) is 0 Å². The van der Waals surface area contributed by atoms with Crippen LogP contribution in [0.1, 0.15) is 15.9 Å². The number of nitrogen functional groups attached to an aromatic ring is 1. The number of nitrogens with two attached hydrogens (primary N) is 1. The number of hydrogen-bond donors (Lipinski definition) is 3. The van der Waals surface area contributed by atoms with E-state index >= 15 is 0 Å². The van der Waals surface area contributed by atoms with Crippen molar-refractivity contribution in [3.8, 4) is 6.07 Å². The Bertz CT molecular complexity index is 677. The van der Waals surface area contributed by atoms with E-state index in [0.29, 0.717) is 17.1 Å². The molecule has 0 saturated heterocycles. The molecule has 2 aromatic rings. The highest BCUT2D eigenvalue weighted by atomic mass is 16.4. The van der Waals surface area contributed by atoms with Crippen molar-refractivity contribution in [2.75, 3.05) is 11.1 Å². The Balaban J connectivity index is 2.37. The summed E-state index contributed by atoms with van der Waals surface area (Å²) in [6.45, 7) is 0. The van der Waals surface area contributed by atoms with Crippen LogP contribution < -0.4 is 11.1 Å². The number of nitriles is 1. The second kappa shape index (κ2) is 5.06. The van der Waals surface area contributed by atoms with Gasteiger partial charge in [-0.2, -0.15) is 5.26 Å². The van der Waals surface area contributed by atoms with Crippen LogP contribution in [0.5, 0.6) is 0 Å². The van der Waals surface area contributed by atoms with E-state index in [9.17, 15) is 4.79 Å². The Labute approximate surface area is 109 Å². The first-order valence-corrected chi connectivity index (χ1v) is 5.37. The summed E-state index contributed by atoms with van der Waals surface area (Å²) in [4.78, 5) is 14.9.